The summed E-state index contributed by atoms with van der Waals surface area (Å²) in [5, 5.41) is 10.2. The molecule has 17 heavy (non-hydrogen) atoms. The van der Waals surface area contributed by atoms with Crippen LogP contribution in [0.15, 0.2) is 0 Å². The first-order valence-corrected chi connectivity index (χ1v) is 7.48. The van der Waals surface area contributed by atoms with Crippen LogP contribution in [0.4, 0.5) is 0 Å². The summed E-state index contributed by atoms with van der Waals surface area (Å²) in [6.07, 6.45) is 10.2. The van der Waals surface area contributed by atoms with Crippen LogP contribution in [0, 0.1) is 17.8 Å². The zero-order chi connectivity index (χ0) is 12.3. The SMILES string of the molecule is CCC[C@H](OC)C1CCCC2C(O)CCCC21. The van der Waals surface area contributed by atoms with Crippen LogP contribution >= 0.6 is 0 Å². The molecule has 100 valence electrons. The maximum absolute atomic E-state index is 10.2. The molecule has 0 heterocycles. The van der Waals surface area contributed by atoms with E-state index in [1.54, 1.807) is 0 Å². The van der Waals surface area contributed by atoms with Crippen molar-refractivity contribution >= 4 is 0 Å². The Balaban J connectivity index is 2.05. The molecule has 0 spiro atoms. The Morgan fingerprint density at radius 3 is 2.53 bits per heavy atom. The summed E-state index contributed by atoms with van der Waals surface area (Å²) in [4.78, 5) is 0. The number of aliphatic hydroxyl groups is 1. The van der Waals surface area contributed by atoms with Crippen LogP contribution in [0.2, 0.25) is 0 Å². The van der Waals surface area contributed by atoms with Crippen LogP contribution in [0.5, 0.6) is 0 Å². The topological polar surface area (TPSA) is 29.5 Å². The van der Waals surface area contributed by atoms with Crippen molar-refractivity contribution in [3.8, 4) is 0 Å². The molecule has 0 aromatic rings. The van der Waals surface area contributed by atoms with Gasteiger partial charge in [0.25, 0.3) is 0 Å². The maximum atomic E-state index is 10.2. The lowest BCUT2D eigenvalue weighted by Crippen LogP contribution is -2.43. The van der Waals surface area contributed by atoms with Crippen molar-refractivity contribution in [2.75, 3.05) is 7.11 Å². The van der Waals surface area contributed by atoms with Gasteiger partial charge in [0.15, 0.2) is 0 Å². The van der Waals surface area contributed by atoms with E-state index in [2.05, 4.69) is 6.92 Å². The van der Waals surface area contributed by atoms with Crippen LogP contribution in [0.25, 0.3) is 0 Å². The summed E-state index contributed by atoms with van der Waals surface area (Å²) < 4.78 is 5.73. The molecule has 5 atom stereocenters. The van der Waals surface area contributed by atoms with E-state index in [0.717, 1.165) is 12.3 Å². The first-order valence-electron chi connectivity index (χ1n) is 7.48. The molecule has 1 N–H and O–H groups in total. The summed E-state index contributed by atoms with van der Waals surface area (Å²) in [7, 11) is 1.86. The van der Waals surface area contributed by atoms with Crippen molar-refractivity contribution in [1.82, 2.24) is 0 Å². The molecule has 2 rings (SSSR count). The van der Waals surface area contributed by atoms with Crippen molar-refractivity contribution in [3.63, 3.8) is 0 Å². The average molecular weight is 240 g/mol. The van der Waals surface area contributed by atoms with Gasteiger partial charge in [0, 0.05) is 7.11 Å². The van der Waals surface area contributed by atoms with Gasteiger partial charge in [-0.1, -0.05) is 26.2 Å². The second kappa shape index (κ2) is 6.19. The number of fused-ring (bicyclic) bond motifs is 1. The van der Waals surface area contributed by atoms with Crippen LogP contribution < -0.4 is 0 Å². The number of ether oxygens (including phenoxy) is 1. The van der Waals surface area contributed by atoms with Crippen LogP contribution in [0.1, 0.15) is 58.3 Å². The quantitative estimate of drug-likeness (QED) is 0.816. The monoisotopic (exact) mass is 240 g/mol. The number of methoxy groups -OCH3 is 1. The number of aliphatic hydroxyl groups excluding tert-OH is 1. The lowest BCUT2D eigenvalue weighted by Gasteiger charge is -2.46. The zero-order valence-electron chi connectivity index (χ0n) is 11.4. The molecule has 2 saturated carbocycles. The molecule has 0 radical (unpaired) electrons. The Hall–Kier alpha value is -0.0800. The van der Waals surface area contributed by atoms with Crippen molar-refractivity contribution in [1.29, 1.82) is 0 Å². The third-order valence-electron chi connectivity index (χ3n) is 5.06. The van der Waals surface area contributed by atoms with Gasteiger partial charge in [0.1, 0.15) is 0 Å². The minimum Gasteiger partial charge on any atom is -0.393 e. The second-order valence-corrected chi connectivity index (χ2v) is 5.98. The summed E-state index contributed by atoms with van der Waals surface area (Å²) in [6.45, 7) is 2.24. The van der Waals surface area contributed by atoms with E-state index >= 15 is 0 Å². The molecule has 0 aromatic heterocycles. The maximum Gasteiger partial charge on any atom is 0.0602 e. The van der Waals surface area contributed by atoms with Gasteiger partial charge in [-0.15, -0.1) is 0 Å². The van der Waals surface area contributed by atoms with Crippen LogP contribution in [-0.2, 0) is 4.74 Å². The van der Waals surface area contributed by atoms with Crippen LogP contribution in [-0.4, -0.2) is 24.4 Å². The Morgan fingerprint density at radius 2 is 1.82 bits per heavy atom. The van der Waals surface area contributed by atoms with Crippen molar-refractivity contribution in [3.05, 3.63) is 0 Å². The van der Waals surface area contributed by atoms with E-state index < -0.39 is 0 Å². The summed E-state index contributed by atoms with van der Waals surface area (Å²) >= 11 is 0. The predicted octanol–water partition coefficient (Wildman–Crippen LogP) is 3.38. The highest BCUT2D eigenvalue weighted by molar-refractivity contribution is 4.92. The van der Waals surface area contributed by atoms with Gasteiger partial charge in [0.2, 0.25) is 0 Å². The van der Waals surface area contributed by atoms with E-state index in [-0.39, 0.29) is 6.10 Å². The lowest BCUT2D eigenvalue weighted by molar-refractivity contribution is -0.0661. The Kier molecular flexibility index (Phi) is 4.87. The van der Waals surface area contributed by atoms with Gasteiger partial charge in [-0.2, -0.15) is 0 Å². The van der Waals surface area contributed by atoms with Crippen molar-refractivity contribution in [2.45, 2.75) is 70.5 Å². The first-order chi connectivity index (χ1) is 8.27. The standard InChI is InChI=1S/C15H28O2/c1-3-6-15(17-2)13-9-4-8-12-11(13)7-5-10-14(12)16/h11-16H,3-10H2,1-2H3/t11?,12?,13?,14?,15-/m0/s1. The highest BCUT2D eigenvalue weighted by atomic mass is 16.5. The van der Waals surface area contributed by atoms with E-state index in [0.29, 0.717) is 17.9 Å². The molecule has 2 heteroatoms. The second-order valence-electron chi connectivity index (χ2n) is 5.98. The minimum absolute atomic E-state index is 0.0318. The number of rotatable bonds is 4. The summed E-state index contributed by atoms with van der Waals surface area (Å²) in [6, 6.07) is 0. The fraction of sp³-hybridized carbons (Fsp3) is 1.00. The van der Waals surface area contributed by atoms with Crippen LogP contribution in [0.3, 0.4) is 0 Å². The Labute approximate surface area is 106 Å². The van der Waals surface area contributed by atoms with Gasteiger partial charge in [-0.3, -0.25) is 0 Å². The number of hydrogen-bond acceptors (Lipinski definition) is 2. The molecule has 2 aliphatic carbocycles. The Morgan fingerprint density at radius 1 is 1.12 bits per heavy atom. The highest BCUT2D eigenvalue weighted by Gasteiger charge is 2.42. The molecule has 0 bridgehead atoms. The highest BCUT2D eigenvalue weighted by Crippen LogP contribution is 2.46. The molecule has 0 amide bonds. The van der Waals surface area contributed by atoms with E-state index in [1.165, 1.54) is 44.9 Å². The molecule has 4 unspecified atom stereocenters. The largest absolute Gasteiger partial charge is 0.393 e. The molecule has 2 nitrogen and oxygen atoms in total. The average Bonchev–Trinajstić information content (AvgIpc) is 2.36. The minimum atomic E-state index is -0.0318. The van der Waals surface area contributed by atoms with E-state index in [1.807, 2.05) is 7.11 Å². The molecular weight excluding hydrogens is 212 g/mol. The number of hydrogen-bond donors (Lipinski definition) is 1. The summed E-state index contributed by atoms with van der Waals surface area (Å²) in [5.41, 5.74) is 0. The van der Waals surface area contributed by atoms with Gasteiger partial charge >= 0.3 is 0 Å². The van der Waals surface area contributed by atoms with E-state index in [4.69, 9.17) is 4.74 Å². The third kappa shape index (κ3) is 2.85. The van der Waals surface area contributed by atoms with E-state index in [9.17, 15) is 5.11 Å². The van der Waals surface area contributed by atoms with Gasteiger partial charge in [-0.25, -0.2) is 0 Å². The molecule has 2 aliphatic rings. The Bertz CT molecular complexity index is 229. The summed E-state index contributed by atoms with van der Waals surface area (Å²) in [5.74, 6) is 2.00. The predicted molar refractivity (Wildman–Crippen MR) is 69.9 cm³/mol. The van der Waals surface area contributed by atoms with Crippen molar-refractivity contribution in [2.24, 2.45) is 17.8 Å². The zero-order valence-corrected chi connectivity index (χ0v) is 11.4. The van der Waals surface area contributed by atoms with Gasteiger partial charge in [0.05, 0.1) is 12.2 Å². The fourth-order valence-electron chi connectivity index (χ4n) is 4.27. The molecule has 2 fully saturated rings. The van der Waals surface area contributed by atoms with Gasteiger partial charge < -0.3 is 9.84 Å². The molecular formula is C15H28O2. The third-order valence-corrected chi connectivity index (χ3v) is 5.06. The van der Waals surface area contributed by atoms with Crippen molar-refractivity contribution < 1.29 is 9.84 Å². The molecule has 0 aromatic carbocycles. The molecule has 0 aliphatic heterocycles. The van der Waals surface area contributed by atoms with Gasteiger partial charge in [-0.05, 0) is 49.9 Å². The lowest BCUT2D eigenvalue weighted by atomic mass is 9.62. The normalized spacial score (nSPS) is 39.7. The fourth-order valence-corrected chi connectivity index (χ4v) is 4.27. The first kappa shape index (κ1) is 13.4. The smallest absolute Gasteiger partial charge is 0.0602 e. The molecule has 0 saturated heterocycles.